The van der Waals surface area contributed by atoms with Gasteiger partial charge in [0.2, 0.25) is 10.0 Å². The normalized spacial score (nSPS) is 14.3. The average Bonchev–Trinajstić information content (AvgIpc) is 2.68. The first-order valence-electron chi connectivity index (χ1n) is 5.97. The first-order valence-corrected chi connectivity index (χ1v) is 8.57. The molecule has 1 rings (SSSR count). The number of nitrogens with zero attached hydrogens (tertiary/aromatic N) is 1. The third-order valence-electron chi connectivity index (χ3n) is 2.60. The lowest BCUT2D eigenvalue weighted by atomic mass is 10.1. The molecule has 0 aliphatic carbocycles. The van der Waals surface area contributed by atoms with Crippen LogP contribution in [0.25, 0.3) is 0 Å². The summed E-state index contributed by atoms with van der Waals surface area (Å²) in [4.78, 5) is 2.03. The smallest absolute Gasteiger partial charge is 0.211 e. The van der Waals surface area contributed by atoms with Gasteiger partial charge in [0.1, 0.15) is 0 Å². The Labute approximate surface area is 114 Å². The van der Waals surface area contributed by atoms with Gasteiger partial charge in [-0.05, 0) is 42.4 Å². The monoisotopic (exact) mass is 290 g/mol. The van der Waals surface area contributed by atoms with Crippen LogP contribution in [0.1, 0.15) is 25.5 Å². The van der Waals surface area contributed by atoms with Crippen LogP contribution in [0.3, 0.4) is 0 Å². The van der Waals surface area contributed by atoms with E-state index in [1.807, 2.05) is 44.3 Å². The van der Waals surface area contributed by atoms with Crippen LogP contribution in [0.4, 0.5) is 0 Å². The van der Waals surface area contributed by atoms with Crippen LogP contribution in [0.15, 0.2) is 16.8 Å². The summed E-state index contributed by atoms with van der Waals surface area (Å²) >= 11 is 1.63. The summed E-state index contributed by atoms with van der Waals surface area (Å²) in [6, 6.07) is 2.12. The van der Waals surface area contributed by atoms with Crippen molar-refractivity contribution in [2.45, 2.75) is 19.9 Å². The fourth-order valence-corrected chi connectivity index (χ4v) is 3.88. The molecule has 0 unspecified atom stereocenters. The summed E-state index contributed by atoms with van der Waals surface area (Å²) in [7, 11) is 0.741. The first kappa shape index (κ1) is 15.6. The molecular formula is C12H22N2O2S2. The molecule has 1 N–H and O–H groups in total. The maximum atomic E-state index is 11.8. The van der Waals surface area contributed by atoms with Crippen molar-refractivity contribution >= 4 is 21.4 Å². The predicted molar refractivity (Wildman–Crippen MR) is 77.4 cm³/mol. The van der Waals surface area contributed by atoms with E-state index in [2.05, 4.69) is 10.1 Å². The topological polar surface area (TPSA) is 49.4 Å². The minimum atomic E-state index is -3.17. The van der Waals surface area contributed by atoms with Crippen LogP contribution < -0.4 is 4.72 Å². The van der Waals surface area contributed by atoms with Crippen molar-refractivity contribution in [1.29, 1.82) is 0 Å². The Morgan fingerprint density at radius 1 is 1.39 bits per heavy atom. The molecule has 4 nitrogen and oxygen atoms in total. The molecule has 0 radical (unpaired) electrons. The second-order valence-electron chi connectivity index (χ2n) is 5.06. The summed E-state index contributed by atoms with van der Waals surface area (Å²) < 4.78 is 26.3. The highest BCUT2D eigenvalue weighted by Crippen LogP contribution is 2.20. The number of rotatable bonds is 7. The molecule has 0 aliphatic heterocycles. The molecule has 0 saturated carbocycles. The Kier molecular flexibility index (Phi) is 5.78. The molecule has 0 spiro atoms. The van der Waals surface area contributed by atoms with Gasteiger partial charge in [-0.1, -0.05) is 13.8 Å². The molecule has 104 valence electrons. The van der Waals surface area contributed by atoms with E-state index in [-0.39, 0.29) is 17.7 Å². The number of nitrogens with one attached hydrogen (secondary N) is 1. The van der Waals surface area contributed by atoms with Gasteiger partial charge in [0.15, 0.2) is 0 Å². The van der Waals surface area contributed by atoms with E-state index in [1.165, 1.54) is 0 Å². The molecule has 0 aromatic carbocycles. The lowest BCUT2D eigenvalue weighted by molar-refractivity contribution is 0.300. The van der Waals surface area contributed by atoms with E-state index in [4.69, 9.17) is 0 Å². The molecule has 0 amide bonds. The fourth-order valence-electron chi connectivity index (χ4n) is 1.77. The molecule has 0 fully saturated rings. The minimum Gasteiger partial charge on any atom is -0.301 e. The van der Waals surface area contributed by atoms with Gasteiger partial charge in [-0.3, -0.25) is 0 Å². The van der Waals surface area contributed by atoms with E-state index in [0.29, 0.717) is 6.54 Å². The second kappa shape index (κ2) is 6.65. The number of likely N-dealkylation sites (N-methyl/N-ethyl adjacent to an activating group) is 1. The number of sulfonamides is 1. The predicted octanol–water partition coefficient (Wildman–Crippen LogP) is 1.93. The molecule has 0 saturated heterocycles. The lowest BCUT2D eigenvalue weighted by Crippen LogP contribution is -2.36. The van der Waals surface area contributed by atoms with Gasteiger partial charge >= 0.3 is 0 Å². The van der Waals surface area contributed by atoms with Crippen LogP contribution in [0.5, 0.6) is 0 Å². The standard InChI is InChI=1S/C12H22N2O2S2/c1-10(2)9-18(15,16)13-7-12(14(3)4)11-5-6-17-8-11/h5-6,8,10,12-13H,7,9H2,1-4H3/t12-/m0/s1. The minimum absolute atomic E-state index is 0.0817. The molecular weight excluding hydrogens is 268 g/mol. The van der Waals surface area contributed by atoms with Gasteiger partial charge in [-0.2, -0.15) is 11.3 Å². The highest BCUT2D eigenvalue weighted by molar-refractivity contribution is 7.89. The van der Waals surface area contributed by atoms with Gasteiger partial charge in [-0.15, -0.1) is 0 Å². The summed E-state index contributed by atoms with van der Waals surface area (Å²) in [5, 5.41) is 4.07. The van der Waals surface area contributed by atoms with Crippen molar-refractivity contribution in [2.24, 2.45) is 5.92 Å². The molecule has 1 atom stereocenters. The molecule has 18 heavy (non-hydrogen) atoms. The zero-order chi connectivity index (χ0) is 13.8. The van der Waals surface area contributed by atoms with Gasteiger partial charge in [-0.25, -0.2) is 13.1 Å². The molecule has 1 heterocycles. The van der Waals surface area contributed by atoms with Crippen molar-refractivity contribution in [3.8, 4) is 0 Å². The Morgan fingerprint density at radius 3 is 2.50 bits per heavy atom. The van der Waals surface area contributed by atoms with Crippen LogP contribution in [-0.4, -0.2) is 39.7 Å². The van der Waals surface area contributed by atoms with Crippen molar-refractivity contribution in [2.75, 3.05) is 26.4 Å². The van der Waals surface area contributed by atoms with Crippen molar-refractivity contribution in [1.82, 2.24) is 9.62 Å². The molecule has 0 bridgehead atoms. The number of hydrogen-bond acceptors (Lipinski definition) is 4. The van der Waals surface area contributed by atoms with Crippen LogP contribution in [-0.2, 0) is 10.0 Å². The van der Waals surface area contributed by atoms with E-state index in [9.17, 15) is 8.42 Å². The third kappa shape index (κ3) is 5.06. The molecule has 6 heteroatoms. The van der Waals surface area contributed by atoms with E-state index in [1.54, 1.807) is 11.3 Å². The summed E-state index contributed by atoms with van der Waals surface area (Å²) in [6.07, 6.45) is 0. The van der Waals surface area contributed by atoms with Crippen molar-refractivity contribution in [3.63, 3.8) is 0 Å². The van der Waals surface area contributed by atoms with Gasteiger partial charge in [0.05, 0.1) is 5.75 Å². The Balaban J connectivity index is 2.64. The maximum Gasteiger partial charge on any atom is 0.211 e. The highest BCUT2D eigenvalue weighted by Gasteiger charge is 2.19. The van der Waals surface area contributed by atoms with Gasteiger partial charge in [0.25, 0.3) is 0 Å². The van der Waals surface area contributed by atoms with Crippen LogP contribution >= 0.6 is 11.3 Å². The maximum absolute atomic E-state index is 11.8. The Hall–Kier alpha value is -0.430. The highest BCUT2D eigenvalue weighted by atomic mass is 32.2. The summed E-state index contributed by atoms with van der Waals surface area (Å²) in [5.74, 6) is 0.318. The van der Waals surface area contributed by atoms with Crippen molar-refractivity contribution < 1.29 is 8.42 Å². The second-order valence-corrected chi connectivity index (χ2v) is 7.69. The quantitative estimate of drug-likeness (QED) is 0.835. The van der Waals surface area contributed by atoms with Crippen molar-refractivity contribution in [3.05, 3.63) is 22.4 Å². The zero-order valence-electron chi connectivity index (χ0n) is 11.4. The Morgan fingerprint density at radius 2 is 2.06 bits per heavy atom. The van der Waals surface area contributed by atoms with Gasteiger partial charge < -0.3 is 4.90 Å². The first-order chi connectivity index (χ1) is 8.32. The third-order valence-corrected chi connectivity index (χ3v) is 5.01. The van der Waals surface area contributed by atoms with E-state index in [0.717, 1.165) is 5.56 Å². The zero-order valence-corrected chi connectivity index (χ0v) is 13.0. The van der Waals surface area contributed by atoms with E-state index < -0.39 is 10.0 Å². The summed E-state index contributed by atoms with van der Waals surface area (Å²) in [6.45, 7) is 4.22. The lowest BCUT2D eigenvalue weighted by Gasteiger charge is -2.24. The van der Waals surface area contributed by atoms with E-state index >= 15 is 0 Å². The fraction of sp³-hybridized carbons (Fsp3) is 0.667. The largest absolute Gasteiger partial charge is 0.301 e. The average molecular weight is 290 g/mol. The molecule has 0 aliphatic rings. The molecule has 1 aromatic heterocycles. The SMILES string of the molecule is CC(C)CS(=O)(=O)NC[C@@H](c1ccsc1)N(C)C. The Bertz CT molecular complexity index is 439. The number of thiophene rings is 1. The van der Waals surface area contributed by atoms with Crippen LogP contribution in [0, 0.1) is 5.92 Å². The molecule has 1 aromatic rings. The van der Waals surface area contributed by atoms with Gasteiger partial charge in [0, 0.05) is 12.6 Å². The number of hydrogen-bond donors (Lipinski definition) is 1. The summed E-state index contributed by atoms with van der Waals surface area (Å²) in [5.41, 5.74) is 1.15. The van der Waals surface area contributed by atoms with Crippen LogP contribution in [0.2, 0.25) is 0 Å².